The monoisotopic (exact) mass is 335 g/mol. The molecule has 0 radical (unpaired) electrons. The quantitative estimate of drug-likeness (QED) is 0.908. The highest BCUT2D eigenvalue weighted by Gasteiger charge is 2.25. The van der Waals surface area contributed by atoms with Crippen LogP contribution in [0, 0.1) is 5.92 Å². The van der Waals surface area contributed by atoms with Gasteiger partial charge in [-0.05, 0) is 30.9 Å². The van der Waals surface area contributed by atoms with Gasteiger partial charge < -0.3 is 9.72 Å². The molecule has 2 aromatic rings. The number of ether oxygens (including phenoxy) is 1. The number of aromatic nitrogens is 2. The molecule has 0 atom stereocenters. The highest BCUT2D eigenvalue weighted by molar-refractivity contribution is 7.88. The first-order valence-corrected chi connectivity index (χ1v) is 9.55. The Kier molecular flexibility index (Phi) is 4.68. The van der Waals surface area contributed by atoms with Gasteiger partial charge in [-0.3, -0.25) is 0 Å². The lowest BCUT2D eigenvalue weighted by Gasteiger charge is -2.30. The molecule has 1 aliphatic heterocycles. The summed E-state index contributed by atoms with van der Waals surface area (Å²) in [4.78, 5) is 7.22. The van der Waals surface area contributed by atoms with Crippen LogP contribution < -0.4 is 4.74 Å². The molecular weight excluding hydrogens is 314 g/mol. The van der Waals surface area contributed by atoms with E-state index >= 15 is 0 Å². The second-order valence-corrected chi connectivity index (χ2v) is 7.85. The number of imidazole rings is 1. The molecule has 3 rings (SSSR count). The van der Waals surface area contributed by atoms with Crippen LogP contribution in [-0.4, -0.2) is 48.6 Å². The van der Waals surface area contributed by atoms with E-state index in [1.165, 1.54) is 6.26 Å². The number of benzene rings is 1. The third kappa shape index (κ3) is 3.92. The topological polar surface area (TPSA) is 75.3 Å². The molecule has 124 valence electrons. The van der Waals surface area contributed by atoms with E-state index < -0.39 is 10.0 Å². The SMILES string of the molecule is CS(=O)(=O)N1CCC(COc2ccccc2-c2c[nH]cn2)CC1. The van der Waals surface area contributed by atoms with E-state index in [4.69, 9.17) is 4.74 Å². The number of aromatic amines is 1. The maximum absolute atomic E-state index is 11.5. The minimum atomic E-state index is -3.07. The third-order valence-electron chi connectivity index (χ3n) is 4.18. The lowest BCUT2D eigenvalue weighted by molar-refractivity contribution is 0.186. The van der Waals surface area contributed by atoms with Crippen molar-refractivity contribution in [1.82, 2.24) is 14.3 Å². The Balaban J connectivity index is 1.60. The van der Waals surface area contributed by atoms with E-state index in [2.05, 4.69) is 9.97 Å². The zero-order valence-corrected chi connectivity index (χ0v) is 13.9. The van der Waals surface area contributed by atoms with Gasteiger partial charge in [0.2, 0.25) is 10.0 Å². The van der Waals surface area contributed by atoms with Crippen LogP contribution in [0.1, 0.15) is 12.8 Å². The van der Waals surface area contributed by atoms with Gasteiger partial charge in [-0.15, -0.1) is 0 Å². The van der Waals surface area contributed by atoms with Crippen molar-refractivity contribution >= 4 is 10.0 Å². The van der Waals surface area contributed by atoms with Crippen molar-refractivity contribution in [3.8, 4) is 17.0 Å². The van der Waals surface area contributed by atoms with Crippen LogP contribution in [0.3, 0.4) is 0 Å². The van der Waals surface area contributed by atoms with E-state index in [0.29, 0.717) is 25.6 Å². The number of hydrogen-bond acceptors (Lipinski definition) is 4. The molecule has 1 aliphatic rings. The van der Waals surface area contributed by atoms with Crippen LogP contribution >= 0.6 is 0 Å². The standard InChI is InChI=1S/C16H21N3O3S/c1-23(20,21)19-8-6-13(7-9-19)11-22-16-5-3-2-4-14(16)15-10-17-12-18-15/h2-5,10,12-13H,6-9,11H2,1H3,(H,17,18). The van der Waals surface area contributed by atoms with Gasteiger partial charge in [-0.2, -0.15) is 0 Å². The zero-order valence-electron chi connectivity index (χ0n) is 13.1. The summed E-state index contributed by atoms with van der Waals surface area (Å²) < 4.78 is 30.6. The number of rotatable bonds is 5. The summed E-state index contributed by atoms with van der Waals surface area (Å²) in [6, 6.07) is 7.83. The van der Waals surface area contributed by atoms with Crippen LogP contribution in [0.15, 0.2) is 36.8 Å². The predicted molar refractivity (Wildman–Crippen MR) is 88.7 cm³/mol. The van der Waals surface area contributed by atoms with Crippen LogP contribution in [0.25, 0.3) is 11.3 Å². The highest BCUT2D eigenvalue weighted by Crippen LogP contribution is 2.29. The smallest absolute Gasteiger partial charge is 0.211 e. The average Bonchev–Trinajstić information content (AvgIpc) is 3.07. The van der Waals surface area contributed by atoms with Gasteiger partial charge in [-0.25, -0.2) is 17.7 Å². The number of nitrogens with one attached hydrogen (secondary N) is 1. The molecule has 1 aromatic carbocycles. The molecule has 1 fully saturated rings. The average molecular weight is 335 g/mol. The summed E-state index contributed by atoms with van der Waals surface area (Å²) in [7, 11) is -3.07. The number of hydrogen-bond donors (Lipinski definition) is 1. The Labute approximate surface area is 136 Å². The van der Waals surface area contributed by atoms with Crippen molar-refractivity contribution in [3.05, 3.63) is 36.8 Å². The van der Waals surface area contributed by atoms with Crippen LogP contribution in [0.4, 0.5) is 0 Å². The molecule has 0 spiro atoms. The van der Waals surface area contributed by atoms with E-state index in [9.17, 15) is 8.42 Å². The fourth-order valence-electron chi connectivity index (χ4n) is 2.83. The zero-order chi connectivity index (χ0) is 16.3. The number of H-pyrrole nitrogens is 1. The molecule has 0 unspecified atom stereocenters. The van der Waals surface area contributed by atoms with Crippen LogP contribution in [0.5, 0.6) is 5.75 Å². The molecule has 1 N–H and O–H groups in total. The van der Waals surface area contributed by atoms with Crippen molar-refractivity contribution in [3.63, 3.8) is 0 Å². The first-order valence-electron chi connectivity index (χ1n) is 7.70. The van der Waals surface area contributed by atoms with E-state index in [1.54, 1.807) is 10.6 Å². The molecular formula is C16H21N3O3S. The lowest BCUT2D eigenvalue weighted by atomic mass is 9.99. The van der Waals surface area contributed by atoms with Crippen molar-refractivity contribution in [2.75, 3.05) is 26.0 Å². The number of nitrogens with zero attached hydrogens (tertiary/aromatic N) is 2. The molecule has 7 heteroatoms. The summed E-state index contributed by atoms with van der Waals surface area (Å²) in [6.45, 7) is 1.75. The Morgan fingerprint density at radius 2 is 2.04 bits per heavy atom. The molecule has 1 aromatic heterocycles. The first-order chi connectivity index (χ1) is 11.0. The van der Waals surface area contributed by atoms with Gasteiger partial charge in [0.1, 0.15) is 5.75 Å². The van der Waals surface area contributed by atoms with Gasteiger partial charge in [0.05, 0.1) is 24.9 Å². The fraction of sp³-hybridized carbons (Fsp3) is 0.438. The molecule has 0 aliphatic carbocycles. The van der Waals surface area contributed by atoms with Gasteiger partial charge in [0.25, 0.3) is 0 Å². The van der Waals surface area contributed by atoms with Gasteiger partial charge in [0, 0.05) is 24.8 Å². The Morgan fingerprint density at radius 3 is 2.70 bits per heavy atom. The molecule has 6 nitrogen and oxygen atoms in total. The normalized spacial score (nSPS) is 17.3. The second-order valence-electron chi connectivity index (χ2n) is 5.87. The molecule has 0 saturated carbocycles. The number of sulfonamides is 1. The second kappa shape index (κ2) is 6.72. The fourth-order valence-corrected chi connectivity index (χ4v) is 3.70. The van der Waals surface area contributed by atoms with Gasteiger partial charge in [0.15, 0.2) is 0 Å². The highest BCUT2D eigenvalue weighted by atomic mass is 32.2. The van der Waals surface area contributed by atoms with Crippen molar-refractivity contribution < 1.29 is 13.2 Å². The van der Waals surface area contributed by atoms with E-state index in [0.717, 1.165) is 29.8 Å². The summed E-state index contributed by atoms with van der Waals surface area (Å²) in [5, 5.41) is 0. The third-order valence-corrected chi connectivity index (χ3v) is 5.48. The van der Waals surface area contributed by atoms with E-state index in [-0.39, 0.29) is 0 Å². The maximum atomic E-state index is 11.5. The minimum absolute atomic E-state index is 0.375. The van der Waals surface area contributed by atoms with E-state index in [1.807, 2.05) is 30.5 Å². The number of para-hydroxylation sites is 1. The summed E-state index contributed by atoms with van der Waals surface area (Å²) in [6.07, 6.45) is 6.42. The van der Waals surface area contributed by atoms with Crippen LogP contribution in [-0.2, 0) is 10.0 Å². The molecule has 23 heavy (non-hydrogen) atoms. The predicted octanol–water partition coefficient (Wildman–Crippen LogP) is 2.13. The molecule has 0 bridgehead atoms. The largest absolute Gasteiger partial charge is 0.493 e. The maximum Gasteiger partial charge on any atom is 0.211 e. The summed E-state index contributed by atoms with van der Waals surface area (Å²) in [5.41, 5.74) is 1.81. The Morgan fingerprint density at radius 1 is 1.30 bits per heavy atom. The van der Waals surface area contributed by atoms with Gasteiger partial charge in [-0.1, -0.05) is 12.1 Å². The van der Waals surface area contributed by atoms with Crippen molar-refractivity contribution in [2.45, 2.75) is 12.8 Å². The summed E-state index contributed by atoms with van der Waals surface area (Å²) >= 11 is 0. The van der Waals surface area contributed by atoms with Gasteiger partial charge >= 0.3 is 0 Å². The molecule has 1 saturated heterocycles. The van der Waals surface area contributed by atoms with Crippen molar-refractivity contribution in [2.24, 2.45) is 5.92 Å². The summed E-state index contributed by atoms with van der Waals surface area (Å²) in [5.74, 6) is 1.19. The van der Waals surface area contributed by atoms with Crippen molar-refractivity contribution in [1.29, 1.82) is 0 Å². The Bertz CT molecular complexity index is 736. The molecule has 0 amide bonds. The molecule has 2 heterocycles. The van der Waals surface area contributed by atoms with Crippen LogP contribution in [0.2, 0.25) is 0 Å². The number of piperidine rings is 1. The first kappa shape index (κ1) is 16.0. The minimum Gasteiger partial charge on any atom is -0.493 e. The lowest BCUT2D eigenvalue weighted by Crippen LogP contribution is -2.39. The Hall–Kier alpha value is -1.86.